The molecule has 1 heterocycles. The van der Waals surface area contributed by atoms with E-state index < -0.39 is 0 Å². The number of hydrogen-bond donors (Lipinski definition) is 1. The summed E-state index contributed by atoms with van der Waals surface area (Å²) in [6.07, 6.45) is 5.18. The second kappa shape index (κ2) is 3.01. The summed E-state index contributed by atoms with van der Waals surface area (Å²) in [6, 6.07) is 1.97. The molecule has 0 aromatic carbocycles. The standard InChI is InChI=1S/C8H10N2/c1-3-4-9-8-5-7(2)10-6-8/h3-6,10H,1H2,2H3. The highest BCUT2D eigenvalue weighted by atomic mass is 14.8. The minimum absolute atomic E-state index is 0.942. The van der Waals surface area contributed by atoms with Crippen molar-refractivity contribution in [2.24, 2.45) is 4.99 Å². The topological polar surface area (TPSA) is 28.1 Å². The summed E-state index contributed by atoms with van der Waals surface area (Å²) in [5.41, 5.74) is 2.06. The van der Waals surface area contributed by atoms with Crippen molar-refractivity contribution in [2.45, 2.75) is 6.92 Å². The van der Waals surface area contributed by atoms with Gasteiger partial charge >= 0.3 is 0 Å². The van der Waals surface area contributed by atoms with Crippen LogP contribution in [0.2, 0.25) is 0 Å². The van der Waals surface area contributed by atoms with Crippen molar-refractivity contribution in [3.05, 3.63) is 30.6 Å². The summed E-state index contributed by atoms with van der Waals surface area (Å²) < 4.78 is 0. The molecule has 0 fully saturated rings. The van der Waals surface area contributed by atoms with Gasteiger partial charge in [-0.1, -0.05) is 12.7 Å². The van der Waals surface area contributed by atoms with Gasteiger partial charge in [-0.2, -0.15) is 0 Å². The fraction of sp³-hybridized carbons (Fsp3) is 0.125. The van der Waals surface area contributed by atoms with Crippen LogP contribution < -0.4 is 0 Å². The van der Waals surface area contributed by atoms with Crippen molar-refractivity contribution in [3.63, 3.8) is 0 Å². The molecule has 0 saturated heterocycles. The van der Waals surface area contributed by atoms with Gasteiger partial charge in [-0.15, -0.1) is 0 Å². The van der Waals surface area contributed by atoms with Crippen LogP contribution in [0.1, 0.15) is 5.69 Å². The highest BCUT2D eigenvalue weighted by Crippen LogP contribution is 2.10. The van der Waals surface area contributed by atoms with Crippen molar-refractivity contribution in [2.75, 3.05) is 0 Å². The lowest BCUT2D eigenvalue weighted by molar-refractivity contribution is 1.27. The fourth-order valence-corrected chi connectivity index (χ4v) is 0.706. The van der Waals surface area contributed by atoms with Gasteiger partial charge in [-0.3, -0.25) is 4.99 Å². The quantitative estimate of drug-likeness (QED) is 0.601. The summed E-state index contributed by atoms with van der Waals surface area (Å²) in [5, 5.41) is 0. The van der Waals surface area contributed by atoms with Gasteiger partial charge < -0.3 is 4.98 Å². The zero-order chi connectivity index (χ0) is 7.40. The average Bonchev–Trinajstić information content (AvgIpc) is 2.31. The maximum Gasteiger partial charge on any atom is 0.0806 e. The highest BCUT2D eigenvalue weighted by Gasteiger charge is 1.87. The molecule has 0 radical (unpaired) electrons. The van der Waals surface area contributed by atoms with E-state index in [1.165, 1.54) is 0 Å². The molecule has 0 unspecified atom stereocenters. The van der Waals surface area contributed by atoms with E-state index in [4.69, 9.17) is 0 Å². The second-order valence-corrected chi connectivity index (χ2v) is 2.05. The molecular formula is C8H10N2. The van der Waals surface area contributed by atoms with Gasteiger partial charge in [0, 0.05) is 18.1 Å². The zero-order valence-electron chi connectivity index (χ0n) is 5.96. The van der Waals surface area contributed by atoms with E-state index in [1.54, 1.807) is 12.3 Å². The van der Waals surface area contributed by atoms with Crippen molar-refractivity contribution in [1.29, 1.82) is 0 Å². The number of rotatable bonds is 2. The lowest BCUT2D eigenvalue weighted by Gasteiger charge is -1.77. The summed E-state index contributed by atoms with van der Waals surface area (Å²) in [7, 11) is 0. The number of aromatic nitrogens is 1. The molecule has 1 aromatic heterocycles. The Bertz CT molecular complexity index is 246. The molecule has 0 atom stereocenters. The van der Waals surface area contributed by atoms with Crippen molar-refractivity contribution < 1.29 is 0 Å². The Morgan fingerprint density at radius 1 is 1.70 bits per heavy atom. The Hall–Kier alpha value is -1.31. The van der Waals surface area contributed by atoms with Crippen LogP contribution in [-0.4, -0.2) is 11.2 Å². The van der Waals surface area contributed by atoms with Crippen LogP contribution in [0.25, 0.3) is 0 Å². The molecule has 0 saturated carbocycles. The van der Waals surface area contributed by atoms with Gasteiger partial charge in [-0.25, -0.2) is 0 Å². The Labute approximate surface area is 60.3 Å². The Morgan fingerprint density at radius 2 is 2.50 bits per heavy atom. The van der Waals surface area contributed by atoms with Crippen LogP contribution in [0.5, 0.6) is 0 Å². The van der Waals surface area contributed by atoms with E-state index in [9.17, 15) is 0 Å². The number of aromatic amines is 1. The minimum atomic E-state index is 0.942. The smallest absolute Gasteiger partial charge is 0.0806 e. The van der Waals surface area contributed by atoms with Crippen molar-refractivity contribution in [1.82, 2.24) is 4.98 Å². The van der Waals surface area contributed by atoms with Crippen molar-refractivity contribution in [3.8, 4) is 0 Å². The van der Waals surface area contributed by atoms with Crippen LogP contribution in [0.4, 0.5) is 5.69 Å². The molecule has 1 rings (SSSR count). The van der Waals surface area contributed by atoms with Crippen LogP contribution >= 0.6 is 0 Å². The van der Waals surface area contributed by atoms with E-state index in [1.807, 2.05) is 19.2 Å². The minimum Gasteiger partial charge on any atom is -0.363 e. The molecule has 0 aliphatic rings. The van der Waals surface area contributed by atoms with E-state index in [-0.39, 0.29) is 0 Å². The first-order valence-electron chi connectivity index (χ1n) is 3.13. The highest BCUT2D eigenvalue weighted by molar-refractivity contribution is 5.73. The third-order valence-electron chi connectivity index (χ3n) is 1.14. The fourth-order valence-electron chi connectivity index (χ4n) is 0.706. The summed E-state index contributed by atoms with van der Waals surface area (Å²) in [5.74, 6) is 0. The molecule has 1 aromatic rings. The molecule has 52 valence electrons. The number of aryl methyl sites for hydroxylation is 1. The number of nitrogens with zero attached hydrogens (tertiary/aromatic N) is 1. The van der Waals surface area contributed by atoms with Gasteiger partial charge in [0.1, 0.15) is 0 Å². The first-order valence-corrected chi connectivity index (χ1v) is 3.13. The molecule has 0 aliphatic carbocycles. The van der Waals surface area contributed by atoms with Gasteiger partial charge in [0.05, 0.1) is 5.69 Å². The predicted molar refractivity (Wildman–Crippen MR) is 43.9 cm³/mol. The summed E-state index contributed by atoms with van der Waals surface area (Å²) >= 11 is 0. The molecule has 10 heavy (non-hydrogen) atoms. The number of allylic oxidation sites excluding steroid dienone is 1. The third-order valence-corrected chi connectivity index (χ3v) is 1.14. The SMILES string of the molecule is C=CC=Nc1c[nH]c(C)c1. The van der Waals surface area contributed by atoms with E-state index >= 15 is 0 Å². The van der Waals surface area contributed by atoms with Crippen LogP contribution in [0.15, 0.2) is 29.9 Å². The predicted octanol–water partition coefficient (Wildman–Crippen LogP) is 2.21. The Kier molecular flexibility index (Phi) is 2.05. The largest absolute Gasteiger partial charge is 0.363 e. The van der Waals surface area contributed by atoms with Crippen LogP contribution in [-0.2, 0) is 0 Å². The molecule has 2 nitrogen and oxygen atoms in total. The maximum atomic E-state index is 4.07. The maximum absolute atomic E-state index is 4.07. The lowest BCUT2D eigenvalue weighted by Crippen LogP contribution is -1.59. The Morgan fingerprint density at radius 3 is 3.00 bits per heavy atom. The first-order chi connectivity index (χ1) is 4.83. The molecule has 2 heteroatoms. The molecule has 0 spiro atoms. The number of aliphatic imine (C=N–C) groups is 1. The Balaban J connectivity index is 2.75. The monoisotopic (exact) mass is 134 g/mol. The summed E-state index contributed by atoms with van der Waals surface area (Å²) in [4.78, 5) is 7.10. The van der Waals surface area contributed by atoms with E-state index in [0.29, 0.717) is 0 Å². The first kappa shape index (κ1) is 6.81. The van der Waals surface area contributed by atoms with Gasteiger partial charge in [0.15, 0.2) is 0 Å². The number of nitrogens with one attached hydrogen (secondary N) is 1. The van der Waals surface area contributed by atoms with E-state index in [0.717, 1.165) is 11.4 Å². The zero-order valence-corrected chi connectivity index (χ0v) is 5.96. The molecule has 0 amide bonds. The molecular weight excluding hydrogens is 124 g/mol. The molecule has 0 aliphatic heterocycles. The van der Waals surface area contributed by atoms with Crippen LogP contribution in [0, 0.1) is 6.92 Å². The summed E-state index contributed by atoms with van der Waals surface area (Å²) in [6.45, 7) is 5.52. The van der Waals surface area contributed by atoms with Gasteiger partial charge in [0.25, 0.3) is 0 Å². The lowest BCUT2D eigenvalue weighted by atomic mass is 10.4. The third kappa shape index (κ3) is 1.58. The normalized spacial score (nSPS) is 10.5. The van der Waals surface area contributed by atoms with Crippen molar-refractivity contribution >= 4 is 11.9 Å². The second-order valence-electron chi connectivity index (χ2n) is 2.05. The van der Waals surface area contributed by atoms with Gasteiger partial charge in [-0.05, 0) is 13.0 Å². The van der Waals surface area contributed by atoms with E-state index in [2.05, 4.69) is 16.6 Å². The number of hydrogen-bond acceptors (Lipinski definition) is 1. The van der Waals surface area contributed by atoms with Crippen LogP contribution in [0.3, 0.4) is 0 Å². The molecule has 1 N–H and O–H groups in total. The molecule has 0 bridgehead atoms. The van der Waals surface area contributed by atoms with Gasteiger partial charge in [0.2, 0.25) is 0 Å². The number of H-pyrrole nitrogens is 1. The average molecular weight is 134 g/mol.